The minimum atomic E-state index is -0.676. The summed E-state index contributed by atoms with van der Waals surface area (Å²) >= 11 is 0. The van der Waals surface area contributed by atoms with Crippen molar-refractivity contribution < 1.29 is 28.6 Å². The van der Waals surface area contributed by atoms with Crippen LogP contribution in [0.1, 0.15) is 63.9 Å². The van der Waals surface area contributed by atoms with Crippen molar-refractivity contribution in [2.75, 3.05) is 7.11 Å². The van der Waals surface area contributed by atoms with Crippen LogP contribution in [0.3, 0.4) is 0 Å². The summed E-state index contributed by atoms with van der Waals surface area (Å²) in [6.07, 6.45) is -0.466. The second kappa shape index (κ2) is 9.57. The number of esters is 2. The summed E-state index contributed by atoms with van der Waals surface area (Å²) in [5.41, 5.74) is -0.286. The molecule has 28 heavy (non-hydrogen) atoms. The molecule has 7 heteroatoms. The van der Waals surface area contributed by atoms with Gasteiger partial charge < -0.3 is 19.5 Å². The zero-order valence-corrected chi connectivity index (χ0v) is 17.8. The molecule has 7 nitrogen and oxygen atoms in total. The van der Waals surface area contributed by atoms with E-state index in [4.69, 9.17) is 14.2 Å². The van der Waals surface area contributed by atoms with Gasteiger partial charge in [0, 0.05) is 6.04 Å². The van der Waals surface area contributed by atoms with E-state index in [1.165, 1.54) is 7.11 Å². The minimum Gasteiger partial charge on any atom is -0.465 e. The molecule has 0 aliphatic heterocycles. The number of carbonyl (C=O) groups is 3. The third kappa shape index (κ3) is 8.88. The van der Waals surface area contributed by atoms with Crippen molar-refractivity contribution >= 4 is 18.0 Å². The molecule has 1 atom stereocenters. The molecule has 0 aliphatic carbocycles. The first kappa shape index (κ1) is 23.5. The molecule has 156 valence electrons. The number of hydrogen-bond donors (Lipinski definition) is 1. The van der Waals surface area contributed by atoms with Crippen molar-refractivity contribution in [1.29, 1.82) is 0 Å². The van der Waals surface area contributed by atoms with Crippen LogP contribution in [0.4, 0.5) is 4.79 Å². The van der Waals surface area contributed by atoms with Gasteiger partial charge in [0.15, 0.2) is 0 Å². The lowest BCUT2D eigenvalue weighted by Gasteiger charge is -2.25. The lowest BCUT2D eigenvalue weighted by atomic mass is 9.98. The number of ether oxygens (including phenoxy) is 3. The molecule has 0 radical (unpaired) electrons. The second-order valence-electron chi connectivity index (χ2n) is 8.49. The molecule has 0 spiro atoms. The lowest BCUT2D eigenvalue weighted by molar-refractivity contribution is -0.155. The molecule has 1 unspecified atom stereocenters. The summed E-state index contributed by atoms with van der Waals surface area (Å²) in [5.74, 6) is -0.937. The summed E-state index contributed by atoms with van der Waals surface area (Å²) < 4.78 is 15.5. The van der Waals surface area contributed by atoms with Gasteiger partial charge in [0.2, 0.25) is 0 Å². The Morgan fingerprint density at radius 1 is 0.964 bits per heavy atom. The van der Waals surface area contributed by atoms with E-state index in [1.807, 2.05) is 0 Å². The summed E-state index contributed by atoms with van der Waals surface area (Å²) in [5, 5.41) is 2.71. The highest BCUT2D eigenvalue weighted by Gasteiger charge is 2.26. The Hall–Kier alpha value is -2.57. The monoisotopic (exact) mass is 393 g/mol. The van der Waals surface area contributed by atoms with E-state index in [9.17, 15) is 14.4 Å². The molecule has 0 aromatic heterocycles. The van der Waals surface area contributed by atoms with Crippen LogP contribution < -0.4 is 5.32 Å². The van der Waals surface area contributed by atoms with Crippen LogP contribution in [0.2, 0.25) is 0 Å². The fraction of sp³-hybridized carbons (Fsp3) is 0.571. The van der Waals surface area contributed by atoms with Crippen LogP contribution in [-0.4, -0.2) is 42.4 Å². The molecule has 1 amide bonds. The molecule has 1 rings (SSSR count). The number of methoxy groups -OCH3 is 1. The summed E-state index contributed by atoms with van der Waals surface area (Å²) in [6.45, 7) is 10.6. The van der Waals surface area contributed by atoms with Gasteiger partial charge in [-0.05, 0) is 59.6 Å². The Morgan fingerprint density at radius 2 is 1.54 bits per heavy atom. The maximum atomic E-state index is 12.3. The van der Waals surface area contributed by atoms with E-state index in [2.05, 4.69) is 5.32 Å². The normalized spacial score (nSPS) is 12.7. The van der Waals surface area contributed by atoms with Gasteiger partial charge >= 0.3 is 18.0 Å². The lowest BCUT2D eigenvalue weighted by Crippen LogP contribution is -2.42. The average Bonchev–Trinajstić information content (AvgIpc) is 2.50. The third-order valence-electron chi connectivity index (χ3n) is 3.44. The number of hydrogen-bond acceptors (Lipinski definition) is 6. The Morgan fingerprint density at radius 3 is 2.07 bits per heavy atom. The quantitative estimate of drug-likeness (QED) is 0.586. The third-order valence-corrected chi connectivity index (χ3v) is 3.44. The standard InChI is InChI=1S/C21H31NO6/c1-20(2,3)27-17(23)13-15(22-19(25)28-21(4,5)6)12-14-10-8-9-11-16(14)18(24)26-7/h8-11,15H,12-13H2,1-7H3,(H,22,25). The fourth-order valence-corrected chi connectivity index (χ4v) is 2.51. The Labute approximate surface area is 166 Å². The van der Waals surface area contributed by atoms with Gasteiger partial charge in [-0.3, -0.25) is 4.79 Å². The van der Waals surface area contributed by atoms with Crippen molar-refractivity contribution in [2.24, 2.45) is 0 Å². The predicted octanol–water partition coefficient (Wildman–Crippen LogP) is 3.64. The maximum absolute atomic E-state index is 12.3. The van der Waals surface area contributed by atoms with Gasteiger partial charge in [-0.25, -0.2) is 9.59 Å². The molecule has 1 aromatic rings. The highest BCUT2D eigenvalue weighted by atomic mass is 16.6. The number of nitrogens with one attached hydrogen (secondary N) is 1. The van der Waals surface area contributed by atoms with Crippen LogP contribution >= 0.6 is 0 Å². The number of alkyl carbamates (subject to hydrolysis) is 1. The smallest absolute Gasteiger partial charge is 0.407 e. The van der Waals surface area contributed by atoms with Gasteiger partial charge in [-0.15, -0.1) is 0 Å². The fourth-order valence-electron chi connectivity index (χ4n) is 2.51. The number of amides is 1. The van der Waals surface area contributed by atoms with E-state index >= 15 is 0 Å². The summed E-state index contributed by atoms with van der Waals surface area (Å²) in [4.78, 5) is 36.5. The summed E-state index contributed by atoms with van der Waals surface area (Å²) in [6, 6.07) is 6.28. The van der Waals surface area contributed by atoms with Crippen LogP contribution in [-0.2, 0) is 25.4 Å². The maximum Gasteiger partial charge on any atom is 0.407 e. The largest absolute Gasteiger partial charge is 0.465 e. The highest BCUT2D eigenvalue weighted by molar-refractivity contribution is 5.91. The molecule has 1 aromatic carbocycles. The molecule has 0 saturated carbocycles. The number of carbonyl (C=O) groups excluding carboxylic acids is 3. The van der Waals surface area contributed by atoms with Crippen molar-refractivity contribution in [1.82, 2.24) is 5.32 Å². The van der Waals surface area contributed by atoms with E-state index < -0.39 is 35.3 Å². The molecule has 0 bridgehead atoms. The Balaban J connectivity index is 3.02. The van der Waals surface area contributed by atoms with Crippen LogP contribution in [0.5, 0.6) is 0 Å². The van der Waals surface area contributed by atoms with Crippen LogP contribution in [0.25, 0.3) is 0 Å². The summed E-state index contributed by atoms with van der Waals surface area (Å²) in [7, 11) is 1.30. The Kier molecular flexibility index (Phi) is 8.02. The van der Waals surface area contributed by atoms with E-state index in [1.54, 1.807) is 65.8 Å². The Bertz CT molecular complexity index is 670. The first-order valence-electron chi connectivity index (χ1n) is 9.18. The van der Waals surface area contributed by atoms with Gasteiger partial charge in [0.25, 0.3) is 0 Å². The van der Waals surface area contributed by atoms with Crippen molar-refractivity contribution in [2.45, 2.75) is 71.6 Å². The van der Waals surface area contributed by atoms with Crippen molar-refractivity contribution in [3.8, 4) is 0 Å². The number of benzene rings is 1. The van der Waals surface area contributed by atoms with E-state index in [-0.39, 0.29) is 12.8 Å². The van der Waals surface area contributed by atoms with E-state index in [0.29, 0.717) is 11.1 Å². The van der Waals surface area contributed by atoms with Gasteiger partial charge in [-0.2, -0.15) is 0 Å². The average molecular weight is 393 g/mol. The van der Waals surface area contributed by atoms with Gasteiger partial charge in [0.05, 0.1) is 19.1 Å². The molecule has 1 N–H and O–H groups in total. The van der Waals surface area contributed by atoms with Gasteiger partial charge in [0.1, 0.15) is 11.2 Å². The van der Waals surface area contributed by atoms with Gasteiger partial charge in [-0.1, -0.05) is 18.2 Å². The molecule has 0 aliphatic rings. The molecular weight excluding hydrogens is 362 g/mol. The first-order valence-corrected chi connectivity index (χ1v) is 9.18. The molecule has 0 heterocycles. The van der Waals surface area contributed by atoms with Crippen LogP contribution in [0.15, 0.2) is 24.3 Å². The van der Waals surface area contributed by atoms with Crippen molar-refractivity contribution in [3.63, 3.8) is 0 Å². The van der Waals surface area contributed by atoms with Crippen LogP contribution in [0, 0.1) is 0 Å². The minimum absolute atomic E-state index is 0.0635. The molecule has 0 saturated heterocycles. The topological polar surface area (TPSA) is 90.9 Å². The highest BCUT2D eigenvalue weighted by Crippen LogP contribution is 2.17. The molecule has 0 fully saturated rings. The number of rotatable bonds is 6. The first-order chi connectivity index (χ1) is 12.8. The van der Waals surface area contributed by atoms with E-state index in [0.717, 1.165) is 0 Å². The SMILES string of the molecule is COC(=O)c1ccccc1CC(CC(=O)OC(C)(C)C)NC(=O)OC(C)(C)C. The van der Waals surface area contributed by atoms with Crippen molar-refractivity contribution in [3.05, 3.63) is 35.4 Å². The predicted molar refractivity (Wildman–Crippen MR) is 105 cm³/mol. The zero-order valence-electron chi connectivity index (χ0n) is 17.8. The zero-order chi connectivity index (χ0) is 21.5. The second-order valence-corrected chi connectivity index (χ2v) is 8.49. The molecular formula is C21H31NO6.